The SMILES string of the molecule is CCCCCCCCNc1ccc(C(=O)OCCC2CCCC(Nc3ccc(C(=O)OCC)cc3N)CCC2)cc1N. The lowest BCUT2D eigenvalue weighted by Crippen LogP contribution is -2.23. The maximum Gasteiger partial charge on any atom is 0.338 e. The quantitative estimate of drug-likeness (QED) is 0.0899. The van der Waals surface area contributed by atoms with Gasteiger partial charge in [0.25, 0.3) is 0 Å². The maximum absolute atomic E-state index is 12.7. The van der Waals surface area contributed by atoms with Crippen molar-refractivity contribution in [3.63, 3.8) is 0 Å². The molecule has 8 heteroatoms. The number of rotatable bonds is 16. The number of nitrogen functional groups attached to an aromatic ring is 2. The van der Waals surface area contributed by atoms with E-state index in [2.05, 4.69) is 17.6 Å². The molecule has 0 bridgehead atoms. The molecule has 232 valence electrons. The molecule has 0 aromatic heterocycles. The van der Waals surface area contributed by atoms with Crippen molar-refractivity contribution in [1.82, 2.24) is 0 Å². The van der Waals surface area contributed by atoms with Crippen LogP contribution in [0.1, 0.15) is 118 Å². The number of hydrogen-bond acceptors (Lipinski definition) is 8. The Labute approximate surface area is 252 Å². The highest BCUT2D eigenvalue weighted by molar-refractivity contribution is 5.92. The van der Waals surface area contributed by atoms with Crippen LogP contribution in [0, 0.1) is 5.92 Å². The van der Waals surface area contributed by atoms with Crippen molar-refractivity contribution < 1.29 is 19.1 Å². The van der Waals surface area contributed by atoms with E-state index >= 15 is 0 Å². The predicted molar refractivity (Wildman–Crippen MR) is 173 cm³/mol. The molecule has 0 aliphatic heterocycles. The molecule has 1 aliphatic carbocycles. The molecule has 0 radical (unpaired) electrons. The number of ether oxygens (including phenoxy) is 2. The first-order valence-corrected chi connectivity index (χ1v) is 16.0. The summed E-state index contributed by atoms with van der Waals surface area (Å²) in [5, 5.41) is 6.97. The molecule has 0 spiro atoms. The molecule has 2 aromatic carbocycles. The fourth-order valence-electron chi connectivity index (χ4n) is 5.66. The number of unbranched alkanes of at least 4 members (excludes halogenated alkanes) is 5. The third-order valence-corrected chi connectivity index (χ3v) is 8.14. The zero-order chi connectivity index (χ0) is 30.2. The minimum Gasteiger partial charge on any atom is -0.462 e. The van der Waals surface area contributed by atoms with E-state index in [1.807, 2.05) is 12.1 Å². The van der Waals surface area contributed by atoms with Crippen molar-refractivity contribution in [2.24, 2.45) is 5.92 Å². The van der Waals surface area contributed by atoms with Gasteiger partial charge in [0.2, 0.25) is 0 Å². The maximum atomic E-state index is 12.7. The highest BCUT2D eigenvalue weighted by atomic mass is 16.5. The number of carbonyl (C=O) groups excluding carboxylic acids is 2. The molecule has 0 atom stereocenters. The van der Waals surface area contributed by atoms with E-state index in [-0.39, 0.29) is 11.9 Å². The molecular weight excluding hydrogens is 528 g/mol. The van der Waals surface area contributed by atoms with Crippen LogP contribution >= 0.6 is 0 Å². The number of carbonyl (C=O) groups is 2. The molecule has 0 amide bonds. The predicted octanol–water partition coefficient (Wildman–Crippen LogP) is 7.80. The van der Waals surface area contributed by atoms with Crippen molar-refractivity contribution in [2.75, 3.05) is 41.9 Å². The number of esters is 2. The largest absolute Gasteiger partial charge is 0.462 e. The summed E-state index contributed by atoms with van der Waals surface area (Å²) in [5.41, 5.74) is 16.3. The van der Waals surface area contributed by atoms with Gasteiger partial charge >= 0.3 is 11.9 Å². The Morgan fingerprint density at radius 3 is 2.00 bits per heavy atom. The van der Waals surface area contributed by atoms with Gasteiger partial charge in [-0.2, -0.15) is 0 Å². The summed E-state index contributed by atoms with van der Waals surface area (Å²) in [7, 11) is 0. The van der Waals surface area contributed by atoms with Gasteiger partial charge in [0, 0.05) is 12.6 Å². The summed E-state index contributed by atoms with van der Waals surface area (Å²) < 4.78 is 10.7. The fraction of sp³-hybridized carbons (Fsp3) is 0.588. The van der Waals surface area contributed by atoms with Crippen molar-refractivity contribution in [3.8, 4) is 0 Å². The Balaban J connectivity index is 1.35. The Morgan fingerprint density at radius 1 is 0.786 bits per heavy atom. The smallest absolute Gasteiger partial charge is 0.338 e. The van der Waals surface area contributed by atoms with E-state index in [0.717, 1.165) is 69.3 Å². The summed E-state index contributed by atoms with van der Waals surface area (Å²) in [6.07, 6.45) is 14.9. The third-order valence-electron chi connectivity index (χ3n) is 8.14. The molecule has 1 fully saturated rings. The Kier molecular flexibility index (Phi) is 14.3. The van der Waals surface area contributed by atoms with Crippen molar-refractivity contribution in [3.05, 3.63) is 47.5 Å². The Hall–Kier alpha value is -3.42. The first-order chi connectivity index (χ1) is 20.4. The van der Waals surface area contributed by atoms with Crippen LogP contribution in [-0.4, -0.2) is 37.7 Å². The second kappa shape index (κ2) is 18.2. The van der Waals surface area contributed by atoms with Crippen LogP contribution in [0.3, 0.4) is 0 Å². The van der Waals surface area contributed by atoms with Crippen LogP contribution < -0.4 is 22.1 Å². The van der Waals surface area contributed by atoms with E-state index in [0.29, 0.717) is 47.7 Å². The van der Waals surface area contributed by atoms with Gasteiger partial charge in [0.05, 0.1) is 47.1 Å². The molecule has 6 N–H and O–H groups in total. The van der Waals surface area contributed by atoms with Crippen LogP contribution in [0.2, 0.25) is 0 Å². The van der Waals surface area contributed by atoms with Gasteiger partial charge in [-0.3, -0.25) is 0 Å². The van der Waals surface area contributed by atoms with Gasteiger partial charge in [0.15, 0.2) is 0 Å². The number of nitrogens with two attached hydrogens (primary N) is 2. The normalized spacial score (nSPS) is 17.1. The van der Waals surface area contributed by atoms with Gasteiger partial charge in [-0.25, -0.2) is 9.59 Å². The van der Waals surface area contributed by atoms with E-state index < -0.39 is 0 Å². The van der Waals surface area contributed by atoms with Gasteiger partial charge in [0.1, 0.15) is 0 Å². The average molecular weight is 581 g/mol. The van der Waals surface area contributed by atoms with Crippen molar-refractivity contribution in [2.45, 2.75) is 103 Å². The molecular formula is C34H52N4O4. The molecule has 8 nitrogen and oxygen atoms in total. The summed E-state index contributed by atoms with van der Waals surface area (Å²) in [6, 6.07) is 11.0. The average Bonchev–Trinajstić information content (AvgIpc) is 2.96. The molecule has 1 aliphatic rings. The monoisotopic (exact) mass is 580 g/mol. The second-order valence-corrected chi connectivity index (χ2v) is 11.5. The van der Waals surface area contributed by atoms with E-state index in [1.54, 1.807) is 31.2 Å². The fourth-order valence-corrected chi connectivity index (χ4v) is 5.66. The second-order valence-electron chi connectivity index (χ2n) is 11.5. The third kappa shape index (κ3) is 11.1. The number of anilines is 4. The standard InChI is InChI=1S/C34H52N4O4/c1-3-5-6-7-8-9-21-37-31-18-16-27(23-29(31)35)34(40)42-22-20-25-12-10-14-28(15-11-13-25)38-32-19-17-26(24-30(32)36)33(39)41-4-2/h16-19,23-25,28,37-38H,3-15,20-22,35-36H2,1-2H3. The topological polar surface area (TPSA) is 129 Å². The summed E-state index contributed by atoms with van der Waals surface area (Å²) in [5.74, 6) is -0.121. The number of nitrogens with one attached hydrogen (secondary N) is 2. The highest BCUT2D eigenvalue weighted by Gasteiger charge is 2.19. The lowest BCUT2D eigenvalue weighted by molar-refractivity contribution is 0.0475. The molecule has 2 aromatic rings. The van der Waals surface area contributed by atoms with Crippen LogP contribution in [0.4, 0.5) is 22.7 Å². The molecule has 0 unspecified atom stereocenters. The zero-order valence-corrected chi connectivity index (χ0v) is 25.7. The van der Waals surface area contributed by atoms with Crippen LogP contribution in [0.15, 0.2) is 36.4 Å². The number of hydrogen-bond donors (Lipinski definition) is 4. The van der Waals surface area contributed by atoms with Crippen LogP contribution in [0.25, 0.3) is 0 Å². The first-order valence-electron chi connectivity index (χ1n) is 16.0. The molecule has 42 heavy (non-hydrogen) atoms. The van der Waals surface area contributed by atoms with Crippen LogP contribution in [0.5, 0.6) is 0 Å². The minimum absolute atomic E-state index is 0.314. The lowest BCUT2D eigenvalue weighted by atomic mass is 9.87. The van der Waals surface area contributed by atoms with Crippen LogP contribution in [-0.2, 0) is 9.47 Å². The van der Waals surface area contributed by atoms with Gasteiger partial charge in [-0.05, 0) is 74.9 Å². The minimum atomic E-state index is -0.355. The van der Waals surface area contributed by atoms with Gasteiger partial charge in [-0.1, -0.05) is 64.7 Å². The lowest BCUT2D eigenvalue weighted by Gasteiger charge is -2.26. The van der Waals surface area contributed by atoms with Crippen molar-refractivity contribution >= 4 is 34.7 Å². The first kappa shape index (κ1) is 33.1. The summed E-state index contributed by atoms with van der Waals surface area (Å²) in [6.45, 7) is 5.66. The summed E-state index contributed by atoms with van der Waals surface area (Å²) in [4.78, 5) is 24.6. The Bertz CT molecular complexity index is 1110. The summed E-state index contributed by atoms with van der Waals surface area (Å²) >= 11 is 0. The molecule has 1 saturated carbocycles. The molecule has 0 heterocycles. The highest BCUT2D eigenvalue weighted by Crippen LogP contribution is 2.29. The number of benzene rings is 2. The Morgan fingerprint density at radius 2 is 1.38 bits per heavy atom. The zero-order valence-electron chi connectivity index (χ0n) is 25.7. The van der Waals surface area contributed by atoms with E-state index in [1.165, 1.54) is 32.1 Å². The molecule has 3 rings (SSSR count). The van der Waals surface area contributed by atoms with Gasteiger partial charge in [-0.15, -0.1) is 0 Å². The van der Waals surface area contributed by atoms with Crippen molar-refractivity contribution in [1.29, 1.82) is 0 Å². The van der Waals surface area contributed by atoms with E-state index in [9.17, 15) is 9.59 Å². The molecule has 0 saturated heterocycles. The van der Waals surface area contributed by atoms with Gasteiger partial charge < -0.3 is 31.6 Å². The van der Waals surface area contributed by atoms with E-state index in [4.69, 9.17) is 20.9 Å².